The van der Waals surface area contributed by atoms with Crippen molar-refractivity contribution in [1.82, 2.24) is 10.3 Å². The third kappa shape index (κ3) is 2.43. The third-order valence-corrected chi connectivity index (χ3v) is 4.59. The van der Waals surface area contributed by atoms with Crippen molar-refractivity contribution >= 4 is 27.0 Å². The highest BCUT2D eigenvalue weighted by atomic mass is 79.9. The average Bonchev–Trinajstić information content (AvgIpc) is 2.83. The van der Waals surface area contributed by atoms with E-state index in [2.05, 4.69) is 28.2 Å². The fourth-order valence-electron chi connectivity index (χ4n) is 3.08. The van der Waals surface area contributed by atoms with Crippen LogP contribution in [0.15, 0.2) is 27.1 Å². The zero-order chi connectivity index (χ0) is 13.3. The fraction of sp³-hybridized carbons (Fsp3) is 0.533. The molecule has 1 N–H and O–H groups in total. The standard InChI is InChI=1S/C15H19BrN2O/c1-2-5-15(6-8-17-9-7-15)14-18-12-10-11(16)3-4-13(12)19-14/h3-4,10,17H,2,5-9H2,1H3. The highest BCUT2D eigenvalue weighted by Crippen LogP contribution is 2.38. The molecule has 1 fully saturated rings. The van der Waals surface area contributed by atoms with Gasteiger partial charge >= 0.3 is 0 Å². The first-order chi connectivity index (χ1) is 9.23. The zero-order valence-electron chi connectivity index (χ0n) is 11.2. The van der Waals surface area contributed by atoms with Gasteiger partial charge in [-0.2, -0.15) is 0 Å². The van der Waals surface area contributed by atoms with E-state index in [1.54, 1.807) is 0 Å². The number of nitrogens with one attached hydrogen (secondary N) is 1. The molecule has 0 atom stereocenters. The molecule has 2 heterocycles. The van der Waals surface area contributed by atoms with Gasteiger partial charge in [0.2, 0.25) is 5.89 Å². The summed E-state index contributed by atoms with van der Waals surface area (Å²) < 4.78 is 7.11. The van der Waals surface area contributed by atoms with Crippen molar-refractivity contribution in [2.75, 3.05) is 13.1 Å². The number of nitrogens with zero attached hydrogens (tertiary/aromatic N) is 1. The van der Waals surface area contributed by atoms with Crippen LogP contribution in [0, 0.1) is 0 Å². The molecule has 4 heteroatoms. The lowest BCUT2D eigenvalue weighted by molar-refractivity contribution is 0.234. The second-order valence-corrected chi connectivity index (χ2v) is 6.33. The van der Waals surface area contributed by atoms with Crippen LogP contribution in [0.4, 0.5) is 0 Å². The minimum Gasteiger partial charge on any atom is -0.440 e. The fourth-order valence-corrected chi connectivity index (χ4v) is 3.43. The lowest BCUT2D eigenvalue weighted by atomic mass is 9.75. The number of rotatable bonds is 3. The van der Waals surface area contributed by atoms with Crippen LogP contribution >= 0.6 is 15.9 Å². The van der Waals surface area contributed by atoms with Crippen molar-refractivity contribution < 1.29 is 4.42 Å². The summed E-state index contributed by atoms with van der Waals surface area (Å²) in [7, 11) is 0. The quantitative estimate of drug-likeness (QED) is 0.927. The summed E-state index contributed by atoms with van der Waals surface area (Å²) in [4.78, 5) is 4.76. The van der Waals surface area contributed by atoms with E-state index in [1.165, 1.54) is 6.42 Å². The Morgan fingerprint density at radius 3 is 2.89 bits per heavy atom. The molecule has 0 amide bonds. The first-order valence-electron chi connectivity index (χ1n) is 7.01. The van der Waals surface area contributed by atoms with Crippen molar-refractivity contribution in [3.05, 3.63) is 28.6 Å². The van der Waals surface area contributed by atoms with Gasteiger partial charge < -0.3 is 9.73 Å². The van der Waals surface area contributed by atoms with Gasteiger partial charge in [-0.1, -0.05) is 29.3 Å². The average molecular weight is 323 g/mol. The zero-order valence-corrected chi connectivity index (χ0v) is 12.8. The van der Waals surface area contributed by atoms with Crippen molar-refractivity contribution in [2.45, 2.75) is 38.0 Å². The Labute approximate surface area is 121 Å². The molecule has 0 unspecified atom stereocenters. The number of halogens is 1. The van der Waals surface area contributed by atoms with Crippen LogP contribution < -0.4 is 5.32 Å². The van der Waals surface area contributed by atoms with E-state index >= 15 is 0 Å². The molecule has 0 bridgehead atoms. The Bertz CT molecular complexity index is 567. The van der Waals surface area contributed by atoms with Crippen molar-refractivity contribution in [3.63, 3.8) is 0 Å². The third-order valence-electron chi connectivity index (χ3n) is 4.09. The summed E-state index contributed by atoms with van der Waals surface area (Å²) in [5, 5.41) is 3.43. The predicted molar refractivity (Wildman–Crippen MR) is 80.4 cm³/mol. The molecule has 1 aliphatic rings. The molecule has 1 aromatic carbocycles. The van der Waals surface area contributed by atoms with Crippen LogP contribution in [0.5, 0.6) is 0 Å². The van der Waals surface area contributed by atoms with Crippen LogP contribution in [0.1, 0.15) is 38.5 Å². The Kier molecular flexibility index (Phi) is 3.63. The van der Waals surface area contributed by atoms with Gasteiger partial charge in [0.1, 0.15) is 5.52 Å². The summed E-state index contributed by atoms with van der Waals surface area (Å²) in [5.41, 5.74) is 1.98. The molecule has 0 spiro atoms. The predicted octanol–water partition coefficient (Wildman–Crippen LogP) is 4.01. The molecule has 1 aliphatic heterocycles. The Morgan fingerprint density at radius 1 is 1.37 bits per heavy atom. The number of piperidine rings is 1. The number of benzene rings is 1. The molecule has 3 nitrogen and oxygen atoms in total. The number of fused-ring (bicyclic) bond motifs is 1. The molecule has 19 heavy (non-hydrogen) atoms. The van der Waals surface area contributed by atoms with Gasteiger partial charge in [-0.05, 0) is 50.6 Å². The molecule has 1 aromatic heterocycles. The molecule has 0 radical (unpaired) electrons. The maximum Gasteiger partial charge on any atom is 0.201 e. The monoisotopic (exact) mass is 322 g/mol. The van der Waals surface area contributed by atoms with E-state index in [0.29, 0.717) is 0 Å². The van der Waals surface area contributed by atoms with Crippen molar-refractivity contribution in [1.29, 1.82) is 0 Å². The first kappa shape index (κ1) is 13.1. The van der Waals surface area contributed by atoms with Crippen molar-refractivity contribution in [3.8, 4) is 0 Å². The molecular formula is C15H19BrN2O. The Hall–Kier alpha value is -0.870. The van der Waals surface area contributed by atoms with E-state index < -0.39 is 0 Å². The van der Waals surface area contributed by atoms with E-state index in [1.807, 2.05) is 18.2 Å². The van der Waals surface area contributed by atoms with E-state index in [0.717, 1.165) is 53.8 Å². The molecular weight excluding hydrogens is 304 g/mol. The molecule has 0 saturated carbocycles. The van der Waals surface area contributed by atoms with Crippen LogP contribution in [-0.4, -0.2) is 18.1 Å². The van der Waals surface area contributed by atoms with E-state index in [9.17, 15) is 0 Å². The largest absolute Gasteiger partial charge is 0.440 e. The minimum absolute atomic E-state index is 0.130. The summed E-state index contributed by atoms with van der Waals surface area (Å²) >= 11 is 3.49. The maximum absolute atomic E-state index is 6.06. The summed E-state index contributed by atoms with van der Waals surface area (Å²) in [6.07, 6.45) is 4.56. The van der Waals surface area contributed by atoms with Crippen LogP contribution in [0.25, 0.3) is 11.1 Å². The Balaban J connectivity index is 2.04. The highest BCUT2D eigenvalue weighted by Gasteiger charge is 2.37. The van der Waals surface area contributed by atoms with Gasteiger partial charge in [-0.15, -0.1) is 0 Å². The molecule has 102 valence electrons. The number of oxazole rings is 1. The van der Waals surface area contributed by atoms with Crippen molar-refractivity contribution in [2.24, 2.45) is 0 Å². The van der Waals surface area contributed by atoms with Gasteiger partial charge in [-0.25, -0.2) is 4.98 Å². The number of aromatic nitrogens is 1. The van der Waals surface area contributed by atoms with Crippen LogP contribution in [-0.2, 0) is 5.41 Å². The molecule has 1 saturated heterocycles. The maximum atomic E-state index is 6.06. The summed E-state index contributed by atoms with van der Waals surface area (Å²) in [6.45, 7) is 4.36. The van der Waals surface area contributed by atoms with Gasteiger partial charge in [0.25, 0.3) is 0 Å². The Morgan fingerprint density at radius 2 is 2.16 bits per heavy atom. The van der Waals surface area contributed by atoms with Crippen LogP contribution in [0.3, 0.4) is 0 Å². The van der Waals surface area contributed by atoms with Gasteiger partial charge in [0, 0.05) is 9.89 Å². The van der Waals surface area contributed by atoms with Gasteiger partial charge in [-0.3, -0.25) is 0 Å². The van der Waals surface area contributed by atoms with Crippen LogP contribution in [0.2, 0.25) is 0 Å². The lowest BCUT2D eigenvalue weighted by Crippen LogP contribution is -2.40. The highest BCUT2D eigenvalue weighted by molar-refractivity contribution is 9.10. The molecule has 0 aliphatic carbocycles. The summed E-state index contributed by atoms with van der Waals surface area (Å²) in [5.74, 6) is 0.934. The van der Waals surface area contributed by atoms with E-state index in [4.69, 9.17) is 9.40 Å². The topological polar surface area (TPSA) is 38.1 Å². The second-order valence-electron chi connectivity index (χ2n) is 5.41. The second kappa shape index (κ2) is 5.25. The smallest absolute Gasteiger partial charge is 0.201 e. The SMILES string of the molecule is CCCC1(c2nc3cc(Br)ccc3o2)CCNCC1. The summed E-state index contributed by atoms with van der Waals surface area (Å²) in [6, 6.07) is 6.03. The van der Waals surface area contributed by atoms with Gasteiger partial charge in [0.05, 0.1) is 0 Å². The number of hydrogen-bond acceptors (Lipinski definition) is 3. The normalized spacial score (nSPS) is 18.8. The minimum atomic E-state index is 0.130. The first-order valence-corrected chi connectivity index (χ1v) is 7.80. The lowest BCUT2D eigenvalue weighted by Gasteiger charge is -2.34. The molecule has 3 rings (SSSR count). The molecule has 2 aromatic rings. The van der Waals surface area contributed by atoms with E-state index in [-0.39, 0.29) is 5.41 Å². The van der Waals surface area contributed by atoms with Gasteiger partial charge in [0.15, 0.2) is 5.58 Å². The number of hydrogen-bond donors (Lipinski definition) is 1.